The summed E-state index contributed by atoms with van der Waals surface area (Å²) in [4.78, 5) is 3.88. The van der Waals surface area contributed by atoms with Crippen LogP contribution in [0.2, 0.25) is 0 Å². The van der Waals surface area contributed by atoms with Gasteiger partial charge in [-0.2, -0.15) is 0 Å². The van der Waals surface area contributed by atoms with Gasteiger partial charge in [-0.3, -0.25) is 0 Å². The van der Waals surface area contributed by atoms with Gasteiger partial charge in [-0.25, -0.2) is 0 Å². The van der Waals surface area contributed by atoms with E-state index in [2.05, 4.69) is 25.8 Å². The van der Waals surface area contributed by atoms with Gasteiger partial charge in [-0.1, -0.05) is 20.8 Å². The summed E-state index contributed by atoms with van der Waals surface area (Å²) in [7, 11) is 1.80. The lowest BCUT2D eigenvalue weighted by Gasteiger charge is -2.08. The maximum absolute atomic E-state index is 3.88. The molecule has 0 saturated carbocycles. The lowest BCUT2D eigenvalue weighted by atomic mass is 9.99. The largest absolute Gasteiger partial charge is 0.300 e. The zero-order valence-electron chi connectivity index (χ0n) is 5.52. The Morgan fingerprint density at radius 1 is 1.29 bits per heavy atom. The lowest BCUT2D eigenvalue weighted by Crippen LogP contribution is -2.05. The molecule has 0 fully saturated rings. The van der Waals surface area contributed by atoms with Gasteiger partial charge in [0.25, 0.3) is 0 Å². The number of aliphatic imine (C=N–C) groups is 1. The molecule has 0 N–H and O–H groups in total. The Morgan fingerprint density at radius 3 is 1.71 bits per heavy atom. The second kappa shape index (κ2) is 2.10. The Morgan fingerprint density at radius 2 is 1.71 bits per heavy atom. The molecule has 0 spiro atoms. The highest BCUT2D eigenvalue weighted by Crippen LogP contribution is 2.07. The van der Waals surface area contributed by atoms with Gasteiger partial charge in [0, 0.05) is 13.3 Å². The SMILES string of the molecule is C/N=C\C(C)(C)C. The van der Waals surface area contributed by atoms with E-state index in [0.717, 1.165) is 0 Å². The van der Waals surface area contributed by atoms with E-state index >= 15 is 0 Å². The Labute approximate surface area is 45.5 Å². The van der Waals surface area contributed by atoms with E-state index in [1.165, 1.54) is 0 Å². The van der Waals surface area contributed by atoms with Crippen molar-refractivity contribution in [2.45, 2.75) is 20.8 Å². The quantitative estimate of drug-likeness (QED) is 0.410. The molecule has 1 nitrogen and oxygen atoms in total. The molecule has 0 rings (SSSR count). The fourth-order valence-electron chi connectivity index (χ4n) is 0.387. The summed E-state index contributed by atoms with van der Waals surface area (Å²) in [6, 6.07) is 0. The average molecular weight is 99.2 g/mol. The molecular weight excluding hydrogens is 86.1 g/mol. The Kier molecular flexibility index (Phi) is 2.00. The summed E-state index contributed by atoms with van der Waals surface area (Å²) < 4.78 is 0. The second-order valence-electron chi connectivity index (χ2n) is 2.75. The van der Waals surface area contributed by atoms with Crippen molar-refractivity contribution in [2.24, 2.45) is 10.4 Å². The number of hydrogen-bond acceptors (Lipinski definition) is 1. The van der Waals surface area contributed by atoms with Gasteiger partial charge in [0.05, 0.1) is 0 Å². The summed E-state index contributed by atoms with van der Waals surface area (Å²) in [6.45, 7) is 6.38. The Bertz CT molecular complexity index is 66.7. The average Bonchev–Trinajstić information content (AvgIpc) is 1.30. The third-order valence-corrected chi connectivity index (χ3v) is 0.516. The standard InChI is InChI=1S/C6H13N/c1-6(2,3)5-7-4/h5H,1-4H3/b7-5-. The summed E-state index contributed by atoms with van der Waals surface area (Å²) in [6.07, 6.45) is 1.94. The molecular formula is C6H13N. The van der Waals surface area contributed by atoms with E-state index in [1.807, 2.05) is 6.21 Å². The van der Waals surface area contributed by atoms with Crippen LogP contribution in [0.25, 0.3) is 0 Å². The predicted octanol–water partition coefficient (Wildman–Crippen LogP) is 1.73. The fourth-order valence-corrected chi connectivity index (χ4v) is 0.387. The first-order chi connectivity index (χ1) is 3.06. The molecule has 0 atom stereocenters. The van der Waals surface area contributed by atoms with Crippen LogP contribution in [0, 0.1) is 5.41 Å². The van der Waals surface area contributed by atoms with Gasteiger partial charge < -0.3 is 4.99 Å². The van der Waals surface area contributed by atoms with E-state index < -0.39 is 0 Å². The van der Waals surface area contributed by atoms with Crippen LogP contribution in [0.15, 0.2) is 4.99 Å². The number of rotatable bonds is 0. The molecule has 0 unspecified atom stereocenters. The second-order valence-corrected chi connectivity index (χ2v) is 2.75. The van der Waals surface area contributed by atoms with Crippen LogP contribution in [0.4, 0.5) is 0 Å². The van der Waals surface area contributed by atoms with E-state index in [9.17, 15) is 0 Å². The van der Waals surface area contributed by atoms with Crippen LogP contribution in [0.3, 0.4) is 0 Å². The molecule has 0 aromatic heterocycles. The summed E-state index contributed by atoms with van der Waals surface area (Å²) in [5, 5.41) is 0. The summed E-state index contributed by atoms with van der Waals surface area (Å²) in [5.74, 6) is 0. The van der Waals surface area contributed by atoms with Gasteiger partial charge in [-0.05, 0) is 5.41 Å². The Balaban J connectivity index is 3.56. The van der Waals surface area contributed by atoms with Crippen LogP contribution >= 0.6 is 0 Å². The van der Waals surface area contributed by atoms with E-state index in [-0.39, 0.29) is 5.41 Å². The highest BCUT2D eigenvalue weighted by Gasteiger charge is 2.02. The minimum absolute atomic E-state index is 0.259. The molecule has 0 aliphatic rings. The van der Waals surface area contributed by atoms with Gasteiger partial charge in [0.2, 0.25) is 0 Å². The first kappa shape index (κ1) is 6.67. The van der Waals surface area contributed by atoms with E-state index in [0.29, 0.717) is 0 Å². The van der Waals surface area contributed by atoms with Crippen LogP contribution < -0.4 is 0 Å². The summed E-state index contributed by atoms with van der Waals surface area (Å²) in [5.41, 5.74) is 0.259. The van der Waals surface area contributed by atoms with Crippen LogP contribution in [-0.4, -0.2) is 13.3 Å². The topological polar surface area (TPSA) is 12.4 Å². The molecule has 0 amide bonds. The molecule has 0 aliphatic heterocycles. The Hall–Kier alpha value is -0.330. The fraction of sp³-hybridized carbons (Fsp3) is 0.833. The van der Waals surface area contributed by atoms with Crippen LogP contribution in [0.1, 0.15) is 20.8 Å². The molecule has 0 aromatic rings. The van der Waals surface area contributed by atoms with Crippen molar-refractivity contribution in [1.29, 1.82) is 0 Å². The van der Waals surface area contributed by atoms with E-state index in [1.54, 1.807) is 7.05 Å². The van der Waals surface area contributed by atoms with Crippen molar-refractivity contribution in [2.75, 3.05) is 7.05 Å². The minimum Gasteiger partial charge on any atom is -0.300 e. The molecule has 7 heavy (non-hydrogen) atoms. The smallest absolute Gasteiger partial charge is 0.0273 e. The van der Waals surface area contributed by atoms with Gasteiger partial charge >= 0.3 is 0 Å². The molecule has 0 radical (unpaired) electrons. The minimum atomic E-state index is 0.259. The summed E-state index contributed by atoms with van der Waals surface area (Å²) >= 11 is 0. The maximum atomic E-state index is 3.88. The molecule has 0 saturated heterocycles. The third kappa shape index (κ3) is 5.67. The van der Waals surface area contributed by atoms with Crippen molar-refractivity contribution in [3.63, 3.8) is 0 Å². The third-order valence-electron chi connectivity index (χ3n) is 0.516. The van der Waals surface area contributed by atoms with Crippen molar-refractivity contribution >= 4 is 6.21 Å². The van der Waals surface area contributed by atoms with Crippen LogP contribution in [-0.2, 0) is 0 Å². The molecule has 42 valence electrons. The molecule has 1 heteroatoms. The first-order valence-corrected chi connectivity index (χ1v) is 2.49. The van der Waals surface area contributed by atoms with Crippen molar-refractivity contribution in [1.82, 2.24) is 0 Å². The molecule has 0 aliphatic carbocycles. The molecule has 0 heterocycles. The van der Waals surface area contributed by atoms with Gasteiger partial charge in [0.1, 0.15) is 0 Å². The van der Waals surface area contributed by atoms with Gasteiger partial charge in [-0.15, -0.1) is 0 Å². The zero-order valence-corrected chi connectivity index (χ0v) is 5.52. The molecule has 0 bridgehead atoms. The monoisotopic (exact) mass is 99.1 g/mol. The number of hydrogen-bond donors (Lipinski definition) is 0. The van der Waals surface area contributed by atoms with Gasteiger partial charge in [0.15, 0.2) is 0 Å². The highest BCUT2D eigenvalue weighted by atomic mass is 14.6. The van der Waals surface area contributed by atoms with Crippen LogP contribution in [0.5, 0.6) is 0 Å². The maximum Gasteiger partial charge on any atom is 0.0273 e. The zero-order chi connectivity index (χ0) is 5.91. The lowest BCUT2D eigenvalue weighted by molar-refractivity contribution is 0.606. The van der Waals surface area contributed by atoms with E-state index in [4.69, 9.17) is 0 Å². The van der Waals surface area contributed by atoms with Crippen molar-refractivity contribution < 1.29 is 0 Å². The molecule has 0 aromatic carbocycles. The predicted molar refractivity (Wildman–Crippen MR) is 33.9 cm³/mol. The van der Waals surface area contributed by atoms with Crippen molar-refractivity contribution in [3.8, 4) is 0 Å². The highest BCUT2D eigenvalue weighted by molar-refractivity contribution is 5.63. The first-order valence-electron chi connectivity index (χ1n) is 2.49. The number of nitrogens with zero attached hydrogens (tertiary/aromatic N) is 1. The van der Waals surface area contributed by atoms with Crippen molar-refractivity contribution in [3.05, 3.63) is 0 Å². The normalized spacial score (nSPS) is 13.1.